The van der Waals surface area contributed by atoms with E-state index in [2.05, 4.69) is 5.32 Å². The number of hydrogen-bond donors (Lipinski definition) is 2. The minimum atomic E-state index is -1.12. The van der Waals surface area contributed by atoms with Gasteiger partial charge in [-0.3, -0.25) is 4.21 Å². The number of nitrogens with one attached hydrogen (secondary N) is 1. The molecule has 100 valence electrons. The fourth-order valence-corrected chi connectivity index (χ4v) is 3.25. The lowest BCUT2D eigenvalue weighted by atomic mass is 10.2. The first kappa shape index (κ1) is 13.7. The first-order valence-corrected chi connectivity index (χ1v) is 7.75. The predicted molar refractivity (Wildman–Crippen MR) is 74.2 cm³/mol. The van der Waals surface area contributed by atoms with Crippen LogP contribution in [0.4, 0.5) is 0 Å². The molecule has 2 atom stereocenters. The summed E-state index contributed by atoms with van der Waals surface area (Å²) in [4.78, 5) is 0.839. The molecule has 2 unspecified atom stereocenters. The van der Waals surface area contributed by atoms with Crippen molar-refractivity contribution in [2.24, 2.45) is 0 Å². The topological polar surface area (TPSA) is 49.3 Å². The molecule has 0 radical (unpaired) electrons. The van der Waals surface area contributed by atoms with E-state index in [4.69, 9.17) is 0 Å². The Morgan fingerprint density at radius 1 is 1.44 bits per heavy atom. The minimum absolute atomic E-state index is 0.309. The van der Waals surface area contributed by atoms with Gasteiger partial charge < -0.3 is 10.4 Å². The van der Waals surface area contributed by atoms with Crippen molar-refractivity contribution in [2.45, 2.75) is 43.7 Å². The van der Waals surface area contributed by atoms with E-state index in [9.17, 15) is 9.32 Å². The molecule has 0 aliphatic heterocycles. The predicted octanol–water partition coefficient (Wildman–Crippen LogP) is 1.52. The van der Waals surface area contributed by atoms with Crippen LogP contribution in [0.3, 0.4) is 0 Å². The van der Waals surface area contributed by atoms with Gasteiger partial charge in [0.1, 0.15) is 0 Å². The van der Waals surface area contributed by atoms with Crippen molar-refractivity contribution in [3.05, 3.63) is 29.3 Å². The Morgan fingerprint density at radius 3 is 2.78 bits per heavy atom. The van der Waals surface area contributed by atoms with Gasteiger partial charge in [0, 0.05) is 17.5 Å². The molecular formula is C14H21NO2S. The zero-order valence-electron chi connectivity index (χ0n) is 11.0. The molecule has 1 saturated carbocycles. The molecule has 0 heterocycles. The van der Waals surface area contributed by atoms with Crippen LogP contribution in [0.25, 0.3) is 0 Å². The van der Waals surface area contributed by atoms with Gasteiger partial charge in [0.2, 0.25) is 0 Å². The Kier molecular flexibility index (Phi) is 4.54. The van der Waals surface area contributed by atoms with E-state index in [1.54, 1.807) is 0 Å². The Morgan fingerprint density at radius 2 is 2.17 bits per heavy atom. The molecule has 0 aromatic heterocycles. The summed E-state index contributed by atoms with van der Waals surface area (Å²) in [5, 5.41) is 13.1. The van der Waals surface area contributed by atoms with Crippen LogP contribution in [0.5, 0.6) is 0 Å². The lowest BCUT2D eigenvalue weighted by Gasteiger charge is -2.12. The van der Waals surface area contributed by atoms with Crippen molar-refractivity contribution in [1.82, 2.24) is 5.32 Å². The van der Waals surface area contributed by atoms with Gasteiger partial charge in [-0.2, -0.15) is 0 Å². The van der Waals surface area contributed by atoms with Gasteiger partial charge in [-0.15, -0.1) is 0 Å². The van der Waals surface area contributed by atoms with E-state index in [-0.39, 0.29) is 0 Å². The third kappa shape index (κ3) is 3.90. The van der Waals surface area contributed by atoms with Gasteiger partial charge in [-0.05, 0) is 38.3 Å². The van der Waals surface area contributed by atoms with Crippen LogP contribution in [0.15, 0.2) is 23.1 Å². The zero-order valence-corrected chi connectivity index (χ0v) is 11.8. The van der Waals surface area contributed by atoms with Crippen molar-refractivity contribution < 1.29 is 9.32 Å². The summed E-state index contributed by atoms with van der Waals surface area (Å²) in [6, 6.07) is 6.48. The van der Waals surface area contributed by atoms with Crippen LogP contribution in [0.2, 0.25) is 0 Å². The molecule has 18 heavy (non-hydrogen) atoms. The summed E-state index contributed by atoms with van der Waals surface area (Å²) < 4.78 is 12.2. The first-order chi connectivity index (χ1) is 8.56. The lowest BCUT2D eigenvalue weighted by molar-refractivity contribution is 0.194. The van der Waals surface area contributed by atoms with Crippen molar-refractivity contribution in [2.75, 3.05) is 12.3 Å². The summed E-state index contributed by atoms with van der Waals surface area (Å²) in [7, 11) is -1.12. The minimum Gasteiger partial charge on any atom is -0.391 e. The van der Waals surface area contributed by atoms with Crippen molar-refractivity contribution in [3.8, 4) is 0 Å². The van der Waals surface area contributed by atoms with Crippen LogP contribution in [-0.2, 0) is 10.8 Å². The number of aliphatic hydroxyl groups is 1. The maximum absolute atomic E-state index is 12.2. The maximum atomic E-state index is 12.2. The lowest BCUT2D eigenvalue weighted by Crippen LogP contribution is -2.32. The van der Waals surface area contributed by atoms with Crippen molar-refractivity contribution in [1.29, 1.82) is 0 Å². The largest absolute Gasteiger partial charge is 0.391 e. The fourth-order valence-electron chi connectivity index (χ4n) is 1.97. The van der Waals surface area contributed by atoms with Gasteiger partial charge in [0.25, 0.3) is 0 Å². The second-order valence-electron chi connectivity index (χ2n) is 5.12. The number of benzene rings is 1. The maximum Gasteiger partial charge on any atom is 0.0783 e. The monoisotopic (exact) mass is 267 g/mol. The molecule has 1 aliphatic carbocycles. The van der Waals surface area contributed by atoms with E-state index in [0.29, 0.717) is 18.3 Å². The smallest absolute Gasteiger partial charge is 0.0783 e. The van der Waals surface area contributed by atoms with Crippen molar-refractivity contribution >= 4 is 10.8 Å². The number of aliphatic hydroxyl groups excluding tert-OH is 1. The molecule has 0 bridgehead atoms. The Labute approximate surface area is 111 Å². The summed E-state index contributed by atoms with van der Waals surface area (Å²) >= 11 is 0. The molecule has 1 aromatic carbocycles. The van der Waals surface area contributed by atoms with Crippen LogP contribution < -0.4 is 5.32 Å². The van der Waals surface area contributed by atoms with Crippen LogP contribution in [0.1, 0.15) is 24.0 Å². The second kappa shape index (κ2) is 5.95. The van der Waals surface area contributed by atoms with Crippen molar-refractivity contribution in [3.63, 3.8) is 0 Å². The van der Waals surface area contributed by atoms with Gasteiger partial charge in [-0.25, -0.2) is 0 Å². The highest BCUT2D eigenvalue weighted by Gasteiger charge is 2.22. The molecule has 2 rings (SSSR count). The van der Waals surface area contributed by atoms with E-state index in [0.717, 1.165) is 10.5 Å². The van der Waals surface area contributed by atoms with E-state index in [1.807, 2.05) is 32.0 Å². The highest BCUT2D eigenvalue weighted by molar-refractivity contribution is 7.85. The number of aryl methyl sites for hydroxylation is 2. The van der Waals surface area contributed by atoms with Crippen LogP contribution in [0, 0.1) is 13.8 Å². The highest BCUT2D eigenvalue weighted by Crippen LogP contribution is 2.19. The van der Waals surface area contributed by atoms with Gasteiger partial charge in [0.05, 0.1) is 22.7 Å². The Bertz CT molecular complexity index is 443. The average molecular weight is 267 g/mol. The molecule has 2 N–H and O–H groups in total. The van der Waals surface area contributed by atoms with E-state index in [1.165, 1.54) is 18.4 Å². The second-order valence-corrected chi connectivity index (χ2v) is 6.58. The molecule has 4 heteroatoms. The van der Waals surface area contributed by atoms with Crippen LogP contribution >= 0.6 is 0 Å². The Balaban J connectivity index is 1.89. The quantitative estimate of drug-likeness (QED) is 0.821. The van der Waals surface area contributed by atoms with Gasteiger partial charge in [0.15, 0.2) is 0 Å². The molecule has 3 nitrogen and oxygen atoms in total. The standard InChI is InChI=1S/C14H21NO2S/c1-10-3-6-14(11(2)7-10)18(17)9-13(16)8-15-12-4-5-12/h3,6-7,12-13,15-16H,4-5,8-9H2,1-2H3. The molecule has 0 amide bonds. The summed E-state index contributed by atoms with van der Waals surface area (Å²) in [6.45, 7) is 4.53. The molecule has 1 aromatic rings. The normalized spacial score (nSPS) is 18.6. The van der Waals surface area contributed by atoms with E-state index < -0.39 is 16.9 Å². The highest BCUT2D eigenvalue weighted by atomic mass is 32.2. The van der Waals surface area contributed by atoms with Gasteiger partial charge >= 0.3 is 0 Å². The molecule has 1 aliphatic rings. The molecular weight excluding hydrogens is 246 g/mol. The SMILES string of the molecule is Cc1ccc(S(=O)CC(O)CNC2CC2)c(C)c1. The molecule has 0 spiro atoms. The third-order valence-corrected chi connectivity index (χ3v) is 4.78. The summed E-state index contributed by atoms with van der Waals surface area (Å²) in [5.41, 5.74) is 2.21. The summed E-state index contributed by atoms with van der Waals surface area (Å²) in [5.74, 6) is 0.309. The summed E-state index contributed by atoms with van der Waals surface area (Å²) in [6.07, 6.45) is 1.87. The molecule has 1 fully saturated rings. The molecule has 0 saturated heterocycles. The number of hydrogen-bond acceptors (Lipinski definition) is 3. The fraction of sp³-hybridized carbons (Fsp3) is 0.571. The van der Waals surface area contributed by atoms with Gasteiger partial charge in [-0.1, -0.05) is 17.7 Å². The first-order valence-electron chi connectivity index (χ1n) is 6.43. The number of rotatable bonds is 6. The van der Waals surface area contributed by atoms with Crippen LogP contribution in [-0.4, -0.2) is 33.8 Å². The Hall–Kier alpha value is -0.710. The third-order valence-electron chi connectivity index (χ3n) is 3.14. The average Bonchev–Trinajstić information content (AvgIpc) is 3.09. The van der Waals surface area contributed by atoms with E-state index >= 15 is 0 Å². The zero-order chi connectivity index (χ0) is 13.1.